The van der Waals surface area contributed by atoms with Gasteiger partial charge in [-0.1, -0.05) is 11.6 Å². The van der Waals surface area contributed by atoms with E-state index in [9.17, 15) is 13.5 Å². The molecule has 1 saturated heterocycles. The minimum Gasteiger partial charge on any atom is -0.399 e. The number of piperidine rings is 1. The lowest BCUT2D eigenvalue weighted by atomic mass is 9.97. The van der Waals surface area contributed by atoms with Crippen molar-refractivity contribution in [3.8, 4) is 0 Å². The Morgan fingerprint density at radius 1 is 1.47 bits per heavy atom. The van der Waals surface area contributed by atoms with Crippen LogP contribution in [0.5, 0.6) is 0 Å². The highest BCUT2D eigenvalue weighted by atomic mass is 35.5. The topological polar surface area (TPSA) is 83.6 Å². The normalized spacial score (nSPS) is 25.4. The van der Waals surface area contributed by atoms with Gasteiger partial charge in [-0.3, -0.25) is 0 Å². The SMILES string of the molecule is CC1(O)CCCN(S(=O)(=O)c2ccc(N)cc2Cl)C1. The zero-order valence-electron chi connectivity index (χ0n) is 10.6. The van der Waals surface area contributed by atoms with Gasteiger partial charge in [0.15, 0.2) is 0 Å². The second-order valence-corrected chi connectivity index (χ2v) is 7.44. The Kier molecular flexibility index (Phi) is 3.79. The first-order valence-electron chi connectivity index (χ1n) is 6.00. The number of nitrogens with zero attached hydrogens (tertiary/aromatic N) is 1. The zero-order chi connectivity index (χ0) is 14.3. The third-order valence-electron chi connectivity index (χ3n) is 3.21. The Bertz CT molecular complexity index is 587. The first-order valence-corrected chi connectivity index (χ1v) is 7.82. The highest BCUT2D eigenvalue weighted by Gasteiger charge is 2.36. The fourth-order valence-electron chi connectivity index (χ4n) is 2.24. The molecule has 1 unspecified atom stereocenters. The number of aliphatic hydroxyl groups is 1. The monoisotopic (exact) mass is 304 g/mol. The molecule has 19 heavy (non-hydrogen) atoms. The molecular weight excluding hydrogens is 288 g/mol. The first-order chi connectivity index (χ1) is 8.72. The highest BCUT2D eigenvalue weighted by molar-refractivity contribution is 7.89. The molecule has 0 radical (unpaired) electrons. The average Bonchev–Trinajstić information content (AvgIpc) is 2.27. The van der Waals surface area contributed by atoms with E-state index in [0.29, 0.717) is 25.1 Å². The molecule has 1 aromatic carbocycles. The van der Waals surface area contributed by atoms with Gasteiger partial charge in [0, 0.05) is 18.8 Å². The van der Waals surface area contributed by atoms with Crippen molar-refractivity contribution in [1.82, 2.24) is 4.31 Å². The van der Waals surface area contributed by atoms with Crippen molar-refractivity contribution in [3.05, 3.63) is 23.2 Å². The van der Waals surface area contributed by atoms with Crippen LogP contribution in [0.15, 0.2) is 23.1 Å². The molecule has 1 atom stereocenters. The van der Waals surface area contributed by atoms with Gasteiger partial charge in [-0.15, -0.1) is 0 Å². The molecule has 1 aliphatic rings. The Labute approximate surface area is 118 Å². The molecule has 2 rings (SSSR count). The summed E-state index contributed by atoms with van der Waals surface area (Å²) in [6, 6.07) is 4.31. The van der Waals surface area contributed by atoms with E-state index >= 15 is 0 Å². The molecule has 106 valence electrons. The molecule has 7 heteroatoms. The number of hydrogen-bond acceptors (Lipinski definition) is 4. The second kappa shape index (κ2) is 4.94. The third kappa shape index (κ3) is 3.02. The Morgan fingerprint density at radius 3 is 2.74 bits per heavy atom. The number of halogens is 1. The minimum atomic E-state index is -3.69. The summed E-state index contributed by atoms with van der Waals surface area (Å²) in [4.78, 5) is 0.0288. The summed E-state index contributed by atoms with van der Waals surface area (Å²) in [6.45, 7) is 2.11. The van der Waals surface area contributed by atoms with Gasteiger partial charge in [0.1, 0.15) is 4.90 Å². The maximum atomic E-state index is 12.5. The van der Waals surface area contributed by atoms with E-state index in [1.54, 1.807) is 6.92 Å². The van der Waals surface area contributed by atoms with Crippen LogP contribution in [0.3, 0.4) is 0 Å². The van der Waals surface area contributed by atoms with Gasteiger partial charge in [-0.05, 0) is 38.0 Å². The van der Waals surface area contributed by atoms with Gasteiger partial charge in [-0.25, -0.2) is 8.42 Å². The molecule has 1 aromatic rings. The van der Waals surface area contributed by atoms with E-state index < -0.39 is 15.6 Å². The molecular formula is C12H17ClN2O3S. The molecule has 5 nitrogen and oxygen atoms in total. The van der Waals surface area contributed by atoms with Gasteiger partial charge in [0.2, 0.25) is 10.0 Å². The summed E-state index contributed by atoms with van der Waals surface area (Å²) < 4.78 is 26.3. The summed E-state index contributed by atoms with van der Waals surface area (Å²) in [5.41, 5.74) is 4.98. The van der Waals surface area contributed by atoms with Crippen LogP contribution >= 0.6 is 11.6 Å². The van der Waals surface area contributed by atoms with Crippen LogP contribution in [0.2, 0.25) is 5.02 Å². The van der Waals surface area contributed by atoms with E-state index in [-0.39, 0.29) is 16.5 Å². The number of rotatable bonds is 2. The van der Waals surface area contributed by atoms with Crippen LogP contribution < -0.4 is 5.73 Å². The van der Waals surface area contributed by atoms with Crippen LogP contribution in [0.1, 0.15) is 19.8 Å². The lowest BCUT2D eigenvalue weighted by Gasteiger charge is -2.36. The van der Waals surface area contributed by atoms with Crippen molar-refractivity contribution in [1.29, 1.82) is 0 Å². The molecule has 0 bridgehead atoms. The smallest absolute Gasteiger partial charge is 0.244 e. The Hall–Kier alpha value is -0.820. The van der Waals surface area contributed by atoms with Crippen LogP contribution in [0.25, 0.3) is 0 Å². The number of hydrogen-bond donors (Lipinski definition) is 2. The number of β-amino-alcohol motifs (C(OH)–C–C–N with tert-alkyl or cyclic N) is 1. The van der Waals surface area contributed by atoms with Crippen molar-refractivity contribution < 1.29 is 13.5 Å². The summed E-state index contributed by atoms with van der Waals surface area (Å²) in [5, 5.41) is 10.1. The van der Waals surface area contributed by atoms with Crippen LogP contribution in [-0.4, -0.2) is 36.5 Å². The van der Waals surface area contributed by atoms with Crippen LogP contribution in [0.4, 0.5) is 5.69 Å². The first kappa shape index (κ1) is 14.6. The molecule has 1 fully saturated rings. The summed E-state index contributed by atoms with van der Waals surface area (Å²) in [7, 11) is -3.69. The standard InChI is InChI=1S/C12H17ClN2O3S/c1-12(16)5-2-6-15(8-12)19(17,18)11-4-3-9(14)7-10(11)13/h3-4,7,16H,2,5-6,8,14H2,1H3. The fourth-order valence-corrected chi connectivity index (χ4v) is 4.37. The number of sulfonamides is 1. The van der Waals surface area contributed by atoms with Crippen molar-refractivity contribution in [2.75, 3.05) is 18.8 Å². The number of nitrogens with two attached hydrogens (primary N) is 1. The predicted octanol–water partition coefficient (Wildman–Crippen LogP) is 1.46. The number of anilines is 1. The maximum Gasteiger partial charge on any atom is 0.244 e. The van der Waals surface area contributed by atoms with Gasteiger partial charge in [0.25, 0.3) is 0 Å². The lowest BCUT2D eigenvalue weighted by Crippen LogP contribution is -2.48. The summed E-state index contributed by atoms with van der Waals surface area (Å²) in [6.07, 6.45) is 1.22. The van der Waals surface area contributed by atoms with Crippen molar-refractivity contribution in [3.63, 3.8) is 0 Å². The Morgan fingerprint density at radius 2 is 2.16 bits per heavy atom. The lowest BCUT2D eigenvalue weighted by molar-refractivity contribution is 0.00940. The van der Waals surface area contributed by atoms with Crippen molar-refractivity contribution >= 4 is 27.3 Å². The maximum absolute atomic E-state index is 12.5. The van der Waals surface area contributed by atoms with Crippen molar-refractivity contribution in [2.24, 2.45) is 0 Å². The van der Waals surface area contributed by atoms with E-state index in [0.717, 1.165) is 0 Å². The zero-order valence-corrected chi connectivity index (χ0v) is 12.2. The molecule has 0 saturated carbocycles. The molecule has 0 amide bonds. The third-order valence-corrected chi connectivity index (χ3v) is 5.54. The van der Waals surface area contributed by atoms with E-state index in [2.05, 4.69) is 0 Å². The number of nitrogen functional groups attached to an aromatic ring is 1. The Balaban J connectivity index is 2.37. The van der Waals surface area contributed by atoms with Crippen LogP contribution in [-0.2, 0) is 10.0 Å². The van der Waals surface area contributed by atoms with E-state index in [4.69, 9.17) is 17.3 Å². The molecule has 0 spiro atoms. The van der Waals surface area contributed by atoms with Gasteiger partial charge in [0.05, 0.1) is 10.6 Å². The quantitative estimate of drug-likeness (QED) is 0.810. The molecule has 0 aromatic heterocycles. The van der Waals surface area contributed by atoms with Crippen molar-refractivity contribution in [2.45, 2.75) is 30.3 Å². The molecule has 3 N–H and O–H groups in total. The summed E-state index contributed by atoms with van der Waals surface area (Å²) in [5.74, 6) is 0. The summed E-state index contributed by atoms with van der Waals surface area (Å²) >= 11 is 5.96. The van der Waals surface area contributed by atoms with Gasteiger partial charge in [-0.2, -0.15) is 4.31 Å². The van der Waals surface area contributed by atoms with Gasteiger partial charge < -0.3 is 10.8 Å². The average molecular weight is 305 g/mol. The predicted molar refractivity (Wildman–Crippen MR) is 74.5 cm³/mol. The largest absolute Gasteiger partial charge is 0.399 e. The number of benzene rings is 1. The van der Waals surface area contributed by atoms with E-state index in [1.165, 1.54) is 22.5 Å². The molecule has 1 heterocycles. The van der Waals surface area contributed by atoms with E-state index in [1.807, 2.05) is 0 Å². The molecule has 0 aliphatic carbocycles. The molecule has 1 aliphatic heterocycles. The fraction of sp³-hybridized carbons (Fsp3) is 0.500. The second-order valence-electron chi connectivity index (χ2n) is 5.13. The van der Waals surface area contributed by atoms with Crippen LogP contribution in [0, 0.1) is 0 Å². The highest BCUT2D eigenvalue weighted by Crippen LogP contribution is 2.30. The van der Waals surface area contributed by atoms with Gasteiger partial charge >= 0.3 is 0 Å². The minimum absolute atomic E-state index is 0.0288.